The number of likely N-dealkylation sites (N-methyl/N-ethyl adjacent to an activating group) is 1. The lowest BCUT2D eigenvalue weighted by molar-refractivity contribution is -0.140. The average molecular weight is 552 g/mol. The van der Waals surface area contributed by atoms with Crippen molar-refractivity contribution in [2.75, 3.05) is 24.5 Å². The summed E-state index contributed by atoms with van der Waals surface area (Å²) in [5.41, 5.74) is 2.79. The van der Waals surface area contributed by atoms with E-state index in [9.17, 15) is 18.0 Å². The summed E-state index contributed by atoms with van der Waals surface area (Å²) in [6.45, 7) is 7.37. The Morgan fingerprint density at radius 1 is 0.949 bits per heavy atom. The number of para-hydroxylation sites is 1. The predicted molar refractivity (Wildman–Crippen MR) is 153 cm³/mol. The predicted octanol–water partition coefficient (Wildman–Crippen LogP) is 4.45. The molecular formula is C30H37N3O5S. The van der Waals surface area contributed by atoms with Gasteiger partial charge in [-0.05, 0) is 68.7 Å². The number of anilines is 1. The van der Waals surface area contributed by atoms with E-state index in [2.05, 4.69) is 5.32 Å². The van der Waals surface area contributed by atoms with E-state index < -0.39 is 28.5 Å². The highest BCUT2D eigenvalue weighted by Gasteiger charge is 2.34. The van der Waals surface area contributed by atoms with E-state index in [1.165, 1.54) is 17.0 Å². The van der Waals surface area contributed by atoms with Crippen molar-refractivity contribution in [3.8, 4) is 5.75 Å². The number of methoxy groups -OCH3 is 1. The molecule has 3 aromatic carbocycles. The molecule has 0 aromatic heterocycles. The number of nitrogens with zero attached hydrogens (tertiary/aromatic N) is 2. The highest BCUT2D eigenvalue weighted by molar-refractivity contribution is 7.92. The molecule has 0 aliphatic heterocycles. The number of carbonyl (C=O) groups excluding carboxylic acids is 2. The third kappa shape index (κ3) is 7.17. The van der Waals surface area contributed by atoms with Crippen LogP contribution in [0.15, 0.2) is 77.7 Å². The van der Waals surface area contributed by atoms with Crippen molar-refractivity contribution < 1.29 is 22.7 Å². The lowest BCUT2D eigenvalue weighted by Crippen LogP contribution is -2.52. The van der Waals surface area contributed by atoms with Crippen molar-refractivity contribution in [2.45, 2.75) is 51.6 Å². The fraction of sp³-hybridized carbons (Fsp3) is 0.333. The first-order valence-corrected chi connectivity index (χ1v) is 14.4. The Balaban J connectivity index is 2.08. The van der Waals surface area contributed by atoms with Crippen LogP contribution in [0.1, 0.15) is 37.0 Å². The molecule has 0 spiro atoms. The monoisotopic (exact) mass is 551 g/mol. The smallest absolute Gasteiger partial charge is 0.264 e. The van der Waals surface area contributed by atoms with Crippen molar-refractivity contribution in [3.05, 3.63) is 89.5 Å². The molecule has 39 heavy (non-hydrogen) atoms. The summed E-state index contributed by atoms with van der Waals surface area (Å²) in [5, 5.41) is 2.81. The van der Waals surface area contributed by atoms with Gasteiger partial charge < -0.3 is 15.0 Å². The third-order valence-electron chi connectivity index (χ3n) is 6.50. The van der Waals surface area contributed by atoms with E-state index >= 15 is 0 Å². The highest BCUT2D eigenvalue weighted by Crippen LogP contribution is 2.28. The Bertz CT molecular complexity index is 1390. The van der Waals surface area contributed by atoms with Gasteiger partial charge in [0, 0.05) is 13.1 Å². The quantitative estimate of drug-likeness (QED) is 0.359. The van der Waals surface area contributed by atoms with E-state index in [1.54, 1.807) is 56.5 Å². The second-order valence-electron chi connectivity index (χ2n) is 9.30. The van der Waals surface area contributed by atoms with Crippen LogP contribution in [0.4, 0.5) is 5.69 Å². The third-order valence-corrected chi connectivity index (χ3v) is 8.27. The second kappa shape index (κ2) is 13.3. The molecule has 0 heterocycles. The average Bonchev–Trinajstić information content (AvgIpc) is 2.92. The molecule has 0 saturated heterocycles. The summed E-state index contributed by atoms with van der Waals surface area (Å²) in [4.78, 5) is 28.6. The summed E-state index contributed by atoms with van der Waals surface area (Å²) in [6.07, 6.45) is 0.358. The maximum atomic E-state index is 14.0. The van der Waals surface area contributed by atoms with Crippen LogP contribution in [0.3, 0.4) is 0 Å². The van der Waals surface area contributed by atoms with E-state index in [0.717, 1.165) is 15.4 Å². The van der Waals surface area contributed by atoms with E-state index in [-0.39, 0.29) is 17.3 Å². The van der Waals surface area contributed by atoms with Crippen molar-refractivity contribution in [2.24, 2.45) is 0 Å². The molecule has 0 saturated carbocycles. The topological polar surface area (TPSA) is 96.0 Å². The number of carbonyl (C=O) groups is 2. The van der Waals surface area contributed by atoms with Crippen LogP contribution in [-0.4, -0.2) is 51.4 Å². The molecule has 0 unspecified atom stereocenters. The standard InChI is InChI=1S/C30H37N3O5S/c1-6-27(30(35)31-7-2)32(20-24-12-10-13-25(19-24)38-5)29(34)21-33(28-14-9-8-11-23(28)4)39(36,37)26-17-15-22(3)16-18-26/h8-19,27H,6-7,20-21H2,1-5H3,(H,31,35)/t27-/m1/s1. The fourth-order valence-corrected chi connectivity index (χ4v) is 5.85. The van der Waals surface area contributed by atoms with Crippen molar-refractivity contribution >= 4 is 27.5 Å². The molecule has 0 bridgehead atoms. The number of amides is 2. The molecule has 8 nitrogen and oxygen atoms in total. The Morgan fingerprint density at radius 2 is 1.64 bits per heavy atom. The molecule has 0 fully saturated rings. The molecule has 208 valence electrons. The van der Waals surface area contributed by atoms with E-state index in [0.29, 0.717) is 30.0 Å². The Hall–Kier alpha value is -3.85. The molecule has 0 aliphatic rings. The summed E-state index contributed by atoms with van der Waals surface area (Å²) in [7, 11) is -2.55. The van der Waals surface area contributed by atoms with Crippen LogP contribution in [0.5, 0.6) is 5.75 Å². The van der Waals surface area contributed by atoms with Gasteiger partial charge >= 0.3 is 0 Å². The number of benzene rings is 3. The molecule has 3 aromatic rings. The van der Waals surface area contributed by atoms with Gasteiger partial charge in [0.1, 0.15) is 18.3 Å². The number of aryl methyl sites for hydroxylation is 2. The number of hydrogen-bond acceptors (Lipinski definition) is 5. The minimum Gasteiger partial charge on any atom is -0.497 e. The van der Waals surface area contributed by atoms with E-state index in [1.807, 2.05) is 39.0 Å². The van der Waals surface area contributed by atoms with Crippen molar-refractivity contribution in [1.29, 1.82) is 0 Å². The van der Waals surface area contributed by atoms with Gasteiger partial charge in [-0.2, -0.15) is 0 Å². The fourth-order valence-electron chi connectivity index (χ4n) is 4.37. The van der Waals surface area contributed by atoms with Crippen LogP contribution >= 0.6 is 0 Å². The van der Waals surface area contributed by atoms with Gasteiger partial charge in [-0.3, -0.25) is 13.9 Å². The van der Waals surface area contributed by atoms with Crippen LogP contribution in [0.25, 0.3) is 0 Å². The molecule has 0 aliphatic carbocycles. The first-order valence-electron chi connectivity index (χ1n) is 13.0. The minimum absolute atomic E-state index is 0.0827. The van der Waals surface area contributed by atoms with Gasteiger partial charge in [-0.1, -0.05) is 55.0 Å². The molecule has 2 amide bonds. The van der Waals surface area contributed by atoms with Crippen LogP contribution < -0.4 is 14.4 Å². The summed E-state index contributed by atoms with van der Waals surface area (Å²) in [6, 6.07) is 20.0. The highest BCUT2D eigenvalue weighted by atomic mass is 32.2. The van der Waals surface area contributed by atoms with Crippen molar-refractivity contribution in [3.63, 3.8) is 0 Å². The van der Waals surface area contributed by atoms with Gasteiger partial charge in [-0.25, -0.2) is 8.42 Å². The van der Waals surface area contributed by atoms with E-state index in [4.69, 9.17) is 4.74 Å². The maximum Gasteiger partial charge on any atom is 0.264 e. The zero-order valence-corrected chi connectivity index (χ0v) is 24.0. The number of rotatable bonds is 12. The Morgan fingerprint density at radius 3 is 2.26 bits per heavy atom. The zero-order valence-electron chi connectivity index (χ0n) is 23.2. The normalized spacial score (nSPS) is 11.9. The summed E-state index contributed by atoms with van der Waals surface area (Å²) in [5.74, 6) is -0.163. The van der Waals surface area contributed by atoms with Crippen molar-refractivity contribution in [1.82, 2.24) is 10.2 Å². The Kier molecular flexibility index (Phi) is 10.1. The van der Waals surface area contributed by atoms with Gasteiger partial charge in [-0.15, -0.1) is 0 Å². The number of hydrogen-bond donors (Lipinski definition) is 1. The van der Waals surface area contributed by atoms with Crippen LogP contribution in [0.2, 0.25) is 0 Å². The SMILES string of the molecule is CCNC(=O)[C@@H](CC)N(Cc1cccc(OC)c1)C(=O)CN(c1ccccc1C)S(=O)(=O)c1ccc(C)cc1. The zero-order chi connectivity index (χ0) is 28.6. The number of sulfonamides is 1. The molecule has 3 rings (SSSR count). The lowest BCUT2D eigenvalue weighted by atomic mass is 10.1. The number of ether oxygens (including phenoxy) is 1. The molecule has 0 radical (unpaired) electrons. The second-order valence-corrected chi connectivity index (χ2v) is 11.2. The maximum absolute atomic E-state index is 14.0. The van der Waals surface area contributed by atoms with Gasteiger partial charge in [0.25, 0.3) is 10.0 Å². The van der Waals surface area contributed by atoms with Crippen LogP contribution in [-0.2, 0) is 26.2 Å². The molecule has 9 heteroatoms. The van der Waals surface area contributed by atoms with Gasteiger partial charge in [0.05, 0.1) is 17.7 Å². The number of nitrogens with one attached hydrogen (secondary N) is 1. The summed E-state index contributed by atoms with van der Waals surface area (Å²) < 4.78 is 34.3. The first-order chi connectivity index (χ1) is 18.6. The van der Waals surface area contributed by atoms with Gasteiger partial charge in [0.15, 0.2) is 0 Å². The lowest BCUT2D eigenvalue weighted by Gasteiger charge is -2.33. The largest absolute Gasteiger partial charge is 0.497 e. The first kappa shape index (κ1) is 29.7. The minimum atomic E-state index is -4.10. The molecule has 1 N–H and O–H groups in total. The summed E-state index contributed by atoms with van der Waals surface area (Å²) >= 11 is 0. The molecular weight excluding hydrogens is 514 g/mol. The Labute approximate surface area is 231 Å². The van der Waals surface area contributed by atoms with Gasteiger partial charge in [0.2, 0.25) is 11.8 Å². The van der Waals surface area contributed by atoms with Crippen LogP contribution in [0, 0.1) is 13.8 Å². The molecule has 1 atom stereocenters.